The van der Waals surface area contributed by atoms with Crippen LogP contribution in [-0.2, 0) is 4.79 Å². The second-order valence-electron chi connectivity index (χ2n) is 8.98. The molecule has 0 bridgehead atoms. The Bertz CT molecular complexity index is 685. The van der Waals surface area contributed by atoms with Crippen molar-refractivity contribution < 1.29 is 4.79 Å². The normalized spacial score (nSPS) is 28.8. The molecule has 1 aliphatic carbocycles. The molecule has 3 fully saturated rings. The molecule has 0 radical (unpaired) electrons. The van der Waals surface area contributed by atoms with Crippen molar-refractivity contribution in [2.45, 2.75) is 77.3 Å². The number of hydrogen-bond acceptors (Lipinski definition) is 3. The highest BCUT2D eigenvalue weighted by atomic mass is 16.2. The Hall–Kier alpha value is -1.68. The summed E-state index contributed by atoms with van der Waals surface area (Å²) in [5.74, 6) is 1.20. The molecule has 0 N–H and O–H groups in total. The Morgan fingerprint density at radius 2 is 1.56 bits per heavy atom. The van der Waals surface area contributed by atoms with Gasteiger partial charge in [-0.25, -0.2) is 0 Å². The molecule has 1 atom stereocenters. The maximum absolute atomic E-state index is 13.6. The summed E-state index contributed by atoms with van der Waals surface area (Å²) in [4.78, 5) is 23.3. The van der Waals surface area contributed by atoms with Gasteiger partial charge in [-0.3, -0.25) is 19.6 Å². The molecule has 4 nitrogen and oxygen atoms in total. The molecular weight excluding hydrogens is 334 g/mol. The van der Waals surface area contributed by atoms with Crippen molar-refractivity contribution in [3.63, 3.8) is 0 Å². The van der Waals surface area contributed by atoms with Gasteiger partial charge in [0.15, 0.2) is 0 Å². The highest BCUT2D eigenvalue weighted by Gasteiger charge is 2.55. The number of benzene rings is 1. The number of anilines is 1. The first-order valence-corrected chi connectivity index (χ1v) is 10.8. The van der Waals surface area contributed by atoms with Crippen LogP contribution in [0, 0.1) is 5.41 Å². The molecule has 4 heteroatoms. The Morgan fingerprint density at radius 3 is 2.22 bits per heavy atom. The fourth-order valence-electron chi connectivity index (χ4n) is 5.10. The number of amidine groups is 1. The zero-order valence-corrected chi connectivity index (χ0v) is 16.9. The average Bonchev–Trinajstić information content (AvgIpc) is 2.89. The number of carbonyl (C=O) groups excluding carboxylic acids is 1. The number of para-hydroxylation sites is 1. The molecule has 2 saturated heterocycles. The minimum atomic E-state index is -0.444. The van der Waals surface area contributed by atoms with Crippen LogP contribution in [0.15, 0.2) is 35.3 Å². The van der Waals surface area contributed by atoms with Crippen LogP contribution in [0.1, 0.15) is 65.2 Å². The standard InChI is InChI=1S/C23H33N3O/c1-23(2)20(25-16-10-5-11-17-25)21(24-18-12-6-3-7-13-18)26(22(23)27)19-14-8-4-9-15-19/h4,8-9,14-15,18,20H,3,5-7,10-13,16-17H2,1-2H3. The van der Waals surface area contributed by atoms with E-state index in [1.54, 1.807) is 0 Å². The average molecular weight is 368 g/mol. The monoisotopic (exact) mass is 367 g/mol. The van der Waals surface area contributed by atoms with Gasteiger partial charge in [-0.15, -0.1) is 0 Å². The zero-order chi connectivity index (χ0) is 18.9. The van der Waals surface area contributed by atoms with Gasteiger partial charge < -0.3 is 0 Å². The Balaban J connectivity index is 1.76. The van der Waals surface area contributed by atoms with Gasteiger partial charge in [0.1, 0.15) is 5.84 Å². The fourth-order valence-corrected chi connectivity index (χ4v) is 5.10. The number of carbonyl (C=O) groups is 1. The summed E-state index contributed by atoms with van der Waals surface area (Å²) >= 11 is 0. The summed E-state index contributed by atoms with van der Waals surface area (Å²) in [6, 6.07) is 10.6. The number of hydrogen-bond donors (Lipinski definition) is 0. The summed E-state index contributed by atoms with van der Waals surface area (Å²) in [6.45, 7) is 6.39. The maximum atomic E-state index is 13.6. The molecule has 1 aromatic rings. The lowest BCUT2D eigenvalue weighted by atomic mass is 9.84. The molecule has 1 amide bonds. The number of piperidine rings is 1. The molecule has 4 rings (SSSR count). The first-order valence-electron chi connectivity index (χ1n) is 10.8. The van der Waals surface area contributed by atoms with Gasteiger partial charge in [-0.1, -0.05) is 43.9 Å². The highest BCUT2D eigenvalue weighted by Crippen LogP contribution is 2.40. The van der Waals surface area contributed by atoms with E-state index in [-0.39, 0.29) is 11.9 Å². The van der Waals surface area contributed by atoms with E-state index >= 15 is 0 Å². The van der Waals surface area contributed by atoms with Gasteiger partial charge in [0.2, 0.25) is 5.91 Å². The van der Waals surface area contributed by atoms with Crippen LogP contribution >= 0.6 is 0 Å². The smallest absolute Gasteiger partial charge is 0.240 e. The molecule has 1 aromatic carbocycles. The molecule has 146 valence electrons. The van der Waals surface area contributed by atoms with Crippen LogP contribution in [0.5, 0.6) is 0 Å². The number of likely N-dealkylation sites (tertiary alicyclic amines) is 1. The second kappa shape index (κ2) is 7.75. The van der Waals surface area contributed by atoms with Crippen LogP contribution in [0.3, 0.4) is 0 Å². The lowest BCUT2D eigenvalue weighted by Crippen LogP contribution is -2.50. The molecule has 1 saturated carbocycles. The molecule has 2 aliphatic heterocycles. The topological polar surface area (TPSA) is 35.9 Å². The van der Waals surface area contributed by atoms with Gasteiger partial charge >= 0.3 is 0 Å². The van der Waals surface area contributed by atoms with E-state index < -0.39 is 5.41 Å². The van der Waals surface area contributed by atoms with Crippen molar-refractivity contribution in [1.29, 1.82) is 0 Å². The van der Waals surface area contributed by atoms with Crippen LogP contribution in [0.25, 0.3) is 0 Å². The summed E-state index contributed by atoms with van der Waals surface area (Å²) in [6.07, 6.45) is 9.92. The summed E-state index contributed by atoms with van der Waals surface area (Å²) < 4.78 is 0. The van der Waals surface area contributed by atoms with E-state index in [1.807, 2.05) is 35.2 Å². The van der Waals surface area contributed by atoms with Gasteiger partial charge in [0.05, 0.1) is 23.2 Å². The SMILES string of the molecule is CC1(C)C(=O)N(c2ccccc2)C(=NC2CCCCC2)C1N1CCCCC1. The second-order valence-corrected chi connectivity index (χ2v) is 8.98. The zero-order valence-electron chi connectivity index (χ0n) is 16.9. The highest BCUT2D eigenvalue weighted by molar-refractivity contribution is 6.27. The molecule has 0 aromatic heterocycles. The van der Waals surface area contributed by atoms with Crippen molar-refractivity contribution in [3.05, 3.63) is 30.3 Å². The number of nitrogens with zero attached hydrogens (tertiary/aromatic N) is 3. The van der Waals surface area contributed by atoms with Gasteiger partial charge in [0.25, 0.3) is 0 Å². The minimum absolute atomic E-state index is 0.0902. The van der Waals surface area contributed by atoms with Gasteiger partial charge in [0, 0.05) is 0 Å². The van der Waals surface area contributed by atoms with Crippen LogP contribution in [0.4, 0.5) is 5.69 Å². The molecular formula is C23H33N3O. The first-order chi connectivity index (χ1) is 13.1. The Morgan fingerprint density at radius 1 is 0.926 bits per heavy atom. The third-order valence-electron chi connectivity index (χ3n) is 6.57. The van der Waals surface area contributed by atoms with Gasteiger partial charge in [-0.2, -0.15) is 0 Å². The van der Waals surface area contributed by atoms with E-state index in [2.05, 4.69) is 18.7 Å². The van der Waals surface area contributed by atoms with E-state index in [0.717, 1.165) is 37.5 Å². The third-order valence-corrected chi connectivity index (χ3v) is 6.57. The summed E-state index contributed by atoms with van der Waals surface area (Å²) in [7, 11) is 0. The van der Waals surface area contributed by atoms with Crippen molar-refractivity contribution >= 4 is 17.4 Å². The van der Waals surface area contributed by atoms with Crippen molar-refractivity contribution in [2.75, 3.05) is 18.0 Å². The molecule has 3 aliphatic rings. The van der Waals surface area contributed by atoms with E-state index in [4.69, 9.17) is 4.99 Å². The number of aliphatic imine (C=N–C) groups is 1. The predicted molar refractivity (Wildman–Crippen MR) is 111 cm³/mol. The maximum Gasteiger partial charge on any atom is 0.240 e. The minimum Gasteiger partial charge on any atom is -0.293 e. The summed E-state index contributed by atoms with van der Waals surface area (Å²) in [5.41, 5.74) is 0.519. The fraction of sp³-hybridized carbons (Fsp3) is 0.652. The molecule has 1 unspecified atom stereocenters. The quantitative estimate of drug-likeness (QED) is 0.780. The number of rotatable bonds is 3. The van der Waals surface area contributed by atoms with Crippen LogP contribution in [-0.4, -0.2) is 41.8 Å². The van der Waals surface area contributed by atoms with Crippen molar-refractivity contribution in [3.8, 4) is 0 Å². The van der Waals surface area contributed by atoms with E-state index in [0.29, 0.717) is 6.04 Å². The van der Waals surface area contributed by atoms with E-state index in [9.17, 15) is 4.79 Å². The van der Waals surface area contributed by atoms with Crippen molar-refractivity contribution in [1.82, 2.24) is 4.90 Å². The Kier molecular flexibility index (Phi) is 5.36. The first kappa shape index (κ1) is 18.7. The third kappa shape index (κ3) is 3.56. The van der Waals surface area contributed by atoms with E-state index in [1.165, 1.54) is 38.5 Å². The van der Waals surface area contributed by atoms with Crippen molar-refractivity contribution in [2.24, 2.45) is 10.4 Å². The largest absolute Gasteiger partial charge is 0.293 e. The van der Waals surface area contributed by atoms with Crippen LogP contribution in [0.2, 0.25) is 0 Å². The number of amides is 1. The lowest BCUT2D eigenvalue weighted by molar-refractivity contribution is -0.125. The molecule has 0 spiro atoms. The lowest BCUT2D eigenvalue weighted by Gasteiger charge is -2.38. The van der Waals surface area contributed by atoms with Gasteiger partial charge in [-0.05, 0) is 64.8 Å². The molecule has 2 heterocycles. The predicted octanol–water partition coefficient (Wildman–Crippen LogP) is 4.65. The Labute approximate surface area is 163 Å². The summed E-state index contributed by atoms with van der Waals surface area (Å²) in [5, 5.41) is 0. The molecule has 27 heavy (non-hydrogen) atoms. The van der Waals surface area contributed by atoms with Crippen LogP contribution < -0.4 is 4.90 Å².